The van der Waals surface area contributed by atoms with Gasteiger partial charge in [-0.05, 0) is 43.2 Å². The second-order valence-corrected chi connectivity index (χ2v) is 6.22. The SMILES string of the molecule is Cc1cc(Nc2ccc(F)c(F)c2)nc(NCCc2cccc(Cl)c2)n1. The molecule has 134 valence electrons. The summed E-state index contributed by atoms with van der Waals surface area (Å²) in [5.74, 6) is -0.857. The number of anilines is 3. The Labute approximate surface area is 155 Å². The molecule has 1 aromatic heterocycles. The topological polar surface area (TPSA) is 49.8 Å². The van der Waals surface area contributed by atoms with Crippen LogP contribution < -0.4 is 10.6 Å². The molecule has 7 heteroatoms. The molecular weight excluding hydrogens is 358 g/mol. The van der Waals surface area contributed by atoms with E-state index in [-0.39, 0.29) is 0 Å². The van der Waals surface area contributed by atoms with Crippen LogP contribution in [0.2, 0.25) is 5.02 Å². The van der Waals surface area contributed by atoms with Crippen molar-refractivity contribution in [3.8, 4) is 0 Å². The molecule has 0 radical (unpaired) electrons. The molecule has 3 aromatic rings. The van der Waals surface area contributed by atoms with Gasteiger partial charge in [-0.3, -0.25) is 0 Å². The summed E-state index contributed by atoms with van der Waals surface area (Å²) < 4.78 is 26.4. The summed E-state index contributed by atoms with van der Waals surface area (Å²) >= 11 is 5.98. The van der Waals surface area contributed by atoms with Gasteiger partial charge in [0.2, 0.25) is 5.95 Å². The van der Waals surface area contributed by atoms with Crippen LogP contribution >= 0.6 is 11.6 Å². The van der Waals surface area contributed by atoms with E-state index in [0.717, 1.165) is 29.8 Å². The van der Waals surface area contributed by atoms with Crippen molar-refractivity contribution in [3.05, 3.63) is 76.4 Å². The lowest BCUT2D eigenvalue weighted by molar-refractivity contribution is 0.509. The van der Waals surface area contributed by atoms with Crippen molar-refractivity contribution in [1.82, 2.24) is 9.97 Å². The molecule has 0 aliphatic heterocycles. The molecule has 0 aliphatic carbocycles. The van der Waals surface area contributed by atoms with Gasteiger partial charge in [-0.15, -0.1) is 0 Å². The van der Waals surface area contributed by atoms with Gasteiger partial charge in [0.05, 0.1) is 0 Å². The Morgan fingerprint density at radius 1 is 1.00 bits per heavy atom. The molecule has 0 saturated carbocycles. The highest BCUT2D eigenvalue weighted by atomic mass is 35.5. The normalized spacial score (nSPS) is 10.6. The number of aryl methyl sites for hydroxylation is 1. The molecule has 1 heterocycles. The van der Waals surface area contributed by atoms with E-state index in [9.17, 15) is 8.78 Å². The van der Waals surface area contributed by atoms with Crippen molar-refractivity contribution >= 4 is 29.1 Å². The van der Waals surface area contributed by atoms with Crippen LogP contribution in [0.25, 0.3) is 0 Å². The van der Waals surface area contributed by atoms with E-state index in [1.165, 1.54) is 6.07 Å². The van der Waals surface area contributed by atoms with Gasteiger partial charge >= 0.3 is 0 Å². The number of rotatable bonds is 6. The summed E-state index contributed by atoms with van der Waals surface area (Å²) in [6.45, 7) is 2.47. The second kappa shape index (κ2) is 8.10. The molecule has 2 aromatic carbocycles. The maximum atomic E-state index is 13.3. The van der Waals surface area contributed by atoms with Gasteiger partial charge in [-0.1, -0.05) is 23.7 Å². The molecule has 0 saturated heterocycles. The summed E-state index contributed by atoms with van der Waals surface area (Å²) in [5.41, 5.74) is 2.26. The first kappa shape index (κ1) is 18.1. The van der Waals surface area contributed by atoms with Gasteiger partial charge in [0.15, 0.2) is 11.6 Å². The van der Waals surface area contributed by atoms with Crippen molar-refractivity contribution in [2.75, 3.05) is 17.2 Å². The average molecular weight is 375 g/mol. The zero-order valence-electron chi connectivity index (χ0n) is 14.1. The Morgan fingerprint density at radius 3 is 2.62 bits per heavy atom. The summed E-state index contributed by atoms with van der Waals surface area (Å²) in [6.07, 6.45) is 0.768. The largest absolute Gasteiger partial charge is 0.354 e. The van der Waals surface area contributed by atoms with Crippen LogP contribution in [-0.2, 0) is 6.42 Å². The van der Waals surface area contributed by atoms with Crippen LogP contribution in [-0.4, -0.2) is 16.5 Å². The number of nitrogens with one attached hydrogen (secondary N) is 2. The van der Waals surface area contributed by atoms with Crippen LogP contribution in [0.15, 0.2) is 48.5 Å². The summed E-state index contributed by atoms with van der Waals surface area (Å²) in [6, 6.07) is 13.0. The van der Waals surface area contributed by atoms with Crippen molar-refractivity contribution in [3.63, 3.8) is 0 Å². The van der Waals surface area contributed by atoms with E-state index in [1.807, 2.05) is 31.2 Å². The molecule has 0 bridgehead atoms. The zero-order chi connectivity index (χ0) is 18.5. The molecule has 2 N–H and O–H groups in total. The standard InChI is InChI=1S/C19H17ClF2N4/c1-12-9-18(25-15-5-6-16(21)17(22)11-15)26-19(24-12)23-8-7-13-3-2-4-14(20)10-13/h2-6,9-11H,7-8H2,1H3,(H2,23,24,25,26). The fraction of sp³-hybridized carbons (Fsp3) is 0.158. The van der Waals surface area contributed by atoms with Crippen molar-refractivity contribution in [2.24, 2.45) is 0 Å². The molecule has 0 amide bonds. The van der Waals surface area contributed by atoms with E-state index in [0.29, 0.717) is 29.0 Å². The molecule has 0 aliphatic rings. The summed E-state index contributed by atoms with van der Waals surface area (Å²) in [5, 5.41) is 6.82. The minimum absolute atomic E-state index is 0.409. The van der Waals surface area contributed by atoms with Crippen LogP contribution in [0.1, 0.15) is 11.3 Å². The highest BCUT2D eigenvalue weighted by Crippen LogP contribution is 2.19. The number of hydrogen-bond donors (Lipinski definition) is 2. The monoisotopic (exact) mass is 374 g/mol. The zero-order valence-corrected chi connectivity index (χ0v) is 14.8. The van der Waals surface area contributed by atoms with E-state index in [1.54, 1.807) is 6.07 Å². The molecular formula is C19H17ClF2N4. The predicted molar refractivity (Wildman–Crippen MR) is 100 cm³/mol. The van der Waals surface area contributed by atoms with Crippen LogP contribution in [0.3, 0.4) is 0 Å². The molecule has 0 spiro atoms. The predicted octanol–water partition coefficient (Wildman–Crippen LogP) is 5.11. The van der Waals surface area contributed by atoms with Crippen LogP contribution in [0.4, 0.5) is 26.2 Å². The molecule has 4 nitrogen and oxygen atoms in total. The smallest absolute Gasteiger partial charge is 0.224 e. The number of hydrogen-bond acceptors (Lipinski definition) is 4. The Balaban J connectivity index is 1.66. The van der Waals surface area contributed by atoms with Gasteiger partial charge in [-0.2, -0.15) is 4.98 Å². The fourth-order valence-electron chi connectivity index (χ4n) is 2.44. The maximum Gasteiger partial charge on any atom is 0.224 e. The van der Waals surface area contributed by atoms with Gasteiger partial charge in [0.25, 0.3) is 0 Å². The summed E-state index contributed by atoms with van der Waals surface area (Å²) in [4.78, 5) is 8.69. The van der Waals surface area contributed by atoms with E-state index in [2.05, 4.69) is 20.6 Å². The van der Waals surface area contributed by atoms with E-state index < -0.39 is 11.6 Å². The number of aromatic nitrogens is 2. The fourth-order valence-corrected chi connectivity index (χ4v) is 2.66. The first-order valence-electron chi connectivity index (χ1n) is 8.06. The molecule has 0 atom stereocenters. The second-order valence-electron chi connectivity index (χ2n) is 5.78. The van der Waals surface area contributed by atoms with Gasteiger partial charge in [-0.25, -0.2) is 13.8 Å². The lowest BCUT2D eigenvalue weighted by atomic mass is 10.1. The van der Waals surface area contributed by atoms with Gasteiger partial charge in [0.1, 0.15) is 5.82 Å². The quantitative estimate of drug-likeness (QED) is 0.629. The third kappa shape index (κ3) is 4.89. The highest BCUT2D eigenvalue weighted by Gasteiger charge is 2.06. The number of benzene rings is 2. The average Bonchev–Trinajstić information content (AvgIpc) is 2.58. The molecule has 0 fully saturated rings. The minimum Gasteiger partial charge on any atom is -0.354 e. The van der Waals surface area contributed by atoms with Crippen LogP contribution in [0.5, 0.6) is 0 Å². The molecule has 0 unspecified atom stereocenters. The third-order valence-corrected chi connectivity index (χ3v) is 3.87. The maximum absolute atomic E-state index is 13.3. The molecule has 3 rings (SSSR count). The lowest BCUT2D eigenvalue weighted by Gasteiger charge is -2.10. The van der Waals surface area contributed by atoms with E-state index >= 15 is 0 Å². The Kier molecular flexibility index (Phi) is 5.63. The minimum atomic E-state index is -0.916. The Morgan fingerprint density at radius 2 is 1.85 bits per heavy atom. The Hall–Kier alpha value is -2.73. The number of nitrogens with zero attached hydrogens (tertiary/aromatic N) is 2. The highest BCUT2D eigenvalue weighted by molar-refractivity contribution is 6.30. The first-order valence-corrected chi connectivity index (χ1v) is 8.43. The van der Waals surface area contributed by atoms with Crippen molar-refractivity contribution in [1.29, 1.82) is 0 Å². The summed E-state index contributed by atoms with van der Waals surface area (Å²) in [7, 11) is 0. The first-order chi connectivity index (χ1) is 12.5. The Bertz CT molecular complexity index is 918. The van der Waals surface area contributed by atoms with Gasteiger partial charge in [0, 0.05) is 35.1 Å². The number of halogens is 3. The van der Waals surface area contributed by atoms with Gasteiger partial charge < -0.3 is 10.6 Å². The van der Waals surface area contributed by atoms with Crippen molar-refractivity contribution < 1.29 is 8.78 Å². The van der Waals surface area contributed by atoms with E-state index in [4.69, 9.17) is 11.6 Å². The lowest BCUT2D eigenvalue weighted by Crippen LogP contribution is -2.09. The third-order valence-electron chi connectivity index (χ3n) is 3.63. The van der Waals surface area contributed by atoms with Crippen LogP contribution in [0, 0.1) is 18.6 Å². The van der Waals surface area contributed by atoms with Crippen molar-refractivity contribution in [2.45, 2.75) is 13.3 Å². The molecule has 26 heavy (non-hydrogen) atoms.